The first-order valence-electron chi connectivity index (χ1n) is 7.35. The van der Waals surface area contributed by atoms with Gasteiger partial charge in [-0.25, -0.2) is 0 Å². The smallest absolute Gasteiger partial charge is 0.251 e. The second-order valence-corrected chi connectivity index (χ2v) is 5.49. The van der Waals surface area contributed by atoms with Gasteiger partial charge in [0.2, 0.25) is 5.89 Å². The molecule has 1 aromatic heterocycles. The van der Waals surface area contributed by atoms with E-state index in [1.54, 1.807) is 7.11 Å². The van der Waals surface area contributed by atoms with E-state index in [9.17, 15) is 4.79 Å². The van der Waals surface area contributed by atoms with Crippen LogP contribution in [0.25, 0.3) is 22.9 Å². The molecule has 3 aromatic rings. The molecule has 0 atom stereocenters. The number of fused-ring (bicyclic) bond motifs is 1. The Morgan fingerprint density at radius 3 is 2.65 bits per heavy atom. The number of Topliss-reactive ketones (excluding diaryl/α,β-unsaturated/α-hetero) is 1. The number of hydrogen-bond acceptors (Lipinski definition) is 5. The van der Waals surface area contributed by atoms with E-state index in [1.165, 1.54) is 0 Å². The molecule has 114 valence electrons. The summed E-state index contributed by atoms with van der Waals surface area (Å²) in [6.45, 7) is 0. The Balaban J connectivity index is 1.71. The highest BCUT2D eigenvalue weighted by molar-refractivity contribution is 5.88. The summed E-state index contributed by atoms with van der Waals surface area (Å²) in [4.78, 5) is 11.5. The molecule has 0 radical (unpaired) electrons. The minimum atomic E-state index is 0.248. The Morgan fingerprint density at radius 1 is 1.00 bits per heavy atom. The van der Waals surface area contributed by atoms with Crippen molar-refractivity contribution in [1.82, 2.24) is 10.2 Å². The zero-order valence-corrected chi connectivity index (χ0v) is 12.6. The average Bonchev–Trinajstić information content (AvgIpc) is 3.19. The molecule has 0 N–H and O–H groups in total. The summed E-state index contributed by atoms with van der Waals surface area (Å²) in [5.74, 6) is 1.78. The summed E-state index contributed by atoms with van der Waals surface area (Å²) in [6.07, 6.45) is 1.00. The lowest BCUT2D eigenvalue weighted by Gasteiger charge is -2.03. The van der Waals surface area contributed by atoms with Crippen LogP contribution in [0.4, 0.5) is 0 Å². The zero-order chi connectivity index (χ0) is 15.8. The van der Waals surface area contributed by atoms with Gasteiger partial charge < -0.3 is 9.15 Å². The second-order valence-electron chi connectivity index (χ2n) is 5.49. The van der Waals surface area contributed by atoms with Crippen molar-refractivity contribution in [3.8, 4) is 28.7 Å². The van der Waals surface area contributed by atoms with E-state index in [2.05, 4.69) is 10.2 Å². The molecule has 1 heterocycles. The molecule has 0 spiro atoms. The molecule has 0 bridgehead atoms. The number of methoxy groups -OCH3 is 1. The van der Waals surface area contributed by atoms with Crippen molar-refractivity contribution in [2.75, 3.05) is 7.11 Å². The van der Waals surface area contributed by atoms with Crippen LogP contribution in [0.3, 0.4) is 0 Å². The SMILES string of the molecule is COc1ccccc1-c1nnc(-c2ccc3c(c2)CC(=O)C3)o1. The van der Waals surface area contributed by atoms with Gasteiger partial charge in [0.05, 0.1) is 12.7 Å². The van der Waals surface area contributed by atoms with Crippen LogP contribution in [-0.2, 0) is 17.6 Å². The third-order valence-corrected chi connectivity index (χ3v) is 3.99. The van der Waals surface area contributed by atoms with Crippen molar-refractivity contribution in [3.05, 3.63) is 53.6 Å². The number of nitrogens with zero attached hydrogens (tertiary/aromatic N) is 2. The minimum Gasteiger partial charge on any atom is -0.496 e. The van der Waals surface area contributed by atoms with E-state index in [1.807, 2.05) is 42.5 Å². The fourth-order valence-corrected chi connectivity index (χ4v) is 2.85. The summed E-state index contributed by atoms with van der Waals surface area (Å²) in [7, 11) is 1.60. The molecule has 0 amide bonds. The van der Waals surface area contributed by atoms with E-state index in [-0.39, 0.29) is 5.78 Å². The van der Waals surface area contributed by atoms with Crippen LogP contribution in [0.2, 0.25) is 0 Å². The van der Waals surface area contributed by atoms with Crippen molar-refractivity contribution in [1.29, 1.82) is 0 Å². The van der Waals surface area contributed by atoms with E-state index in [0.717, 1.165) is 22.3 Å². The first-order chi connectivity index (χ1) is 11.2. The van der Waals surface area contributed by atoms with Crippen molar-refractivity contribution < 1.29 is 13.9 Å². The van der Waals surface area contributed by atoms with Crippen molar-refractivity contribution in [3.63, 3.8) is 0 Å². The number of ketones is 1. The third-order valence-electron chi connectivity index (χ3n) is 3.99. The molecule has 0 unspecified atom stereocenters. The van der Waals surface area contributed by atoms with Gasteiger partial charge in [-0.15, -0.1) is 10.2 Å². The maximum atomic E-state index is 11.5. The van der Waals surface area contributed by atoms with Gasteiger partial charge in [-0.1, -0.05) is 18.2 Å². The second kappa shape index (κ2) is 5.35. The van der Waals surface area contributed by atoms with Crippen LogP contribution >= 0.6 is 0 Å². The number of rotatable bonds is 3. The maximum Gasteiger partial charge on any atom is 0.251 e. The zero-order valence-electron chi connectivity index (χ0n) is 12.6. The lowest BCUT2D eigenvalue weighted by molar-refractivity contribution is -0.117. The molecule has 1 aliphatic rings. The normalized spacial score (nSPS) is 13.2. The summed E-state index contributed by atoms with van der Waals surface area (Å²) in [6, 6.07) is 13.3. The van der Waals surface area contributed by atoms with Gasteiger partial charge in [-0.2, -0.15) is 0 Å². The van der Waals surface area contributed by atoms with Crippen LogP contribution in [0.15, 0.2) is 46.9 Å². The molecule has 23 heavy (non-hydrogen) atoms. The lowest BCUT2D eigenvalue weighted by Crippen LogP contribution is -1.92. The summed E-state index contributed by atoms with van der Waals surface area (Å²) in [5, 5.41) is 8.24. The van der Waals surface area contributed by atoms with Crippen LogP contribution in [0, 0.1) is 0 Å². The molecule has 5 heteroatoms. The summed E-state index contributed by atoms with van der Waals surface area (Å²) < 4.78 is 11.1. The third kappa shape index (κ3) is 2.40. The van der Waals surface area contributed by atoms with Gasteiger partial charge >= 0.3 is 0 Å². The van der Waals surface area contributed by atoms with E-state index in [0.29, 0.717) is 30.4 Å². The predicted molar refractivity (Wildman–Crippen MR) is 84.1 cm³/mol. The molecule has 1 aliphatic carbocycles. The van der Waals surface area contributed by atoms with E-state index < -0.39 is 0 Å². The molecule has 0 aliphatic heterocycles. The number of hydrogen-bond donors (Lipinski definition) is 0. The largest absolute Gasteiger partial charge is 0.496 e. The molecular formula is C18H14N2O3. The Bertz CT molecular complexity index is 899. The number of ether oxygens (including phenoxy) is 1. The lowest BCUT2D eigenvalue weighted by atomic mass is 10.1. The topological polar surface area (TPSA) is 65.2 Å². The Labute approximate surface area is 132 Å². The number of carbonyl (C=O) groups is 1. The van der Waals surface area contributed by atoms with Gasteiger partial charge in [-0.3, -0.25) is 4.79 Å². The summed E-state index contributed by atoms with van der Waals surface area (Å²) >= 11 is 0. The first-order valence-corrected chi connectivity index (χ1v) is 7.35. The Morgan fingerprint density at radius 2 is 1.78 bits per heavy atom. The molecular weight excluding hydrogens is 292 g/mol. The number of aromatic nitrogens is 2. The minimum absolute atomic E-state index is 0.248. The van der Waals surface area contributed by atoms with E-state index >= 15 is 0 Å². The standard InChI is InChI=1S/C18H14N2O3/c1-22-16-5-3-2-4-15(16)18-20-19-17(23-18)12-7-6-11-9-14(21)10-13(11)8-12/h2-8H,9-10H2,1H3. The predicted octanol–water partition coefficient (Wildman–Crippen LogP) is 3.08. The average molecular weight is 306 g/mol. The van der Waals surface area contributed by atoms with Crippen LogP contribution in [0.1, 0.15) is 11.1 Å². The highest BCUT2D eigenvalue weighted by Gasteiger charge is 2.20. The van der Waals surface area contributed by atoms with Crippen LogP contribution < -0.4 is 4.74 Å². The quantitative estimate of drug-likeness (QED) is 0.744. The Kier molecular flexibility index (Phi) is 3.19. The highest BCUT2D eigenvalue weighted by Crippen LogP contribution is 2.32. The number of benzene rings is 2. The fourth-order valence-electron chi connectivity index (χ4n) is 2.85. The molecule has 0 saturated heterocycles. The van der Waals surface area contributed by atoms with Gasteiger partial charge in [0, 0.05) is 18.4 Å². The van der Waals surface area contributed by atoms with Crippen LogP contribution in [-0.4, -0.2) is 23.1 Å². The van der Waals surface area contributed by atoms with Crippen LogP contribution in [0.5, 0.6) is 5.75 Å². The molecule has 2 aromatic carbocycles. The Hall–Kier alpha value is -2.95. The fraction of sp³-hybridized carbons (Fsp3) is 0.167. The van der Waals surface area contributed by atoms with Gasteiger partial charge in [0.25, 0.3) is 5.89 Å². The molecule has 0 fully saturated rings. The van der Waals surface area contributed by atoms with Crippen molar-refractivity contribution in [2.24, 2.45) is 0 Å². The number of para-hydroxylation sites is 1. The van der Waals surface area contributed by atoms with Crippen molar-refractivity contribution in [2.45, 2.75) is 12.8 Å². The molecule has 0 saturated carbocycles. The van der Waals surface area contributed by atoms with E-state index in [4.69, 9.17) is 9.15 Å². The molecule has 5 nitrogen and oxygen atoms in total. The van der Waals surface area contributed by atoms with Crippen molar-refractivity contribution >= 4 is 5.78 Å². The highest BCUT2D eigenvalue weighted by atomic mass is 16.5. The monoisotopic (exact) mass is 306 g/mol. The van der Waals surface area contributed by atoms with Gasteiger partial charge in [0.1, 0.15) is 11.5 Å². The summed E-state index contributed by atoms with van der Waals surface area (Å²) in [5.41, 5.74) is 3.71. The van der Waals surface area contributed by atoms with Gasteiger partial charge in [0.15, 0.2) is 0 Å². The number of carbonyl (C=O) groups excluding carboxylic acids is 1. The van der Waals surface area contributed by atoms with Gasteiger partial charge in [-0.05, 0) is 35.4 Å². The maximum absolute atomic E-state index is 11.5. The molecule has 4 rings (SSSR count). The first kappa shape index (κ1) is 13.7.